The SMILES string of the molecule is Oc1ccccc1-c1nc2c(-c3[c-]c(-c4nccc5c4oc4ccccc45)cc(-c4ccccc4)c3)cccc2n1-c1ccccc1.[Pt]. The fraction of sp³-hybridized carbons (Fsp3) is 0. The molecule has 0 bridgehead atoms. The summed E-state index contributed by atoms with van der Waals surface area (Å²) in [6, 6.07) is 52.1. The van der Waals surface area contributed by atoms with Crippen LogP contribution >= 0.6 is 0 Å². The van der Waals surface area contributed by atoms with Crippen molar-refractivity contribution < 1.29 is 30.6 Å². The average molecular weight is 800 g/mol. The number of nitrogens with zero attached hydrogens (tertiary/aromatic N) is 3. The summed E-state index contributed by atoms with van der Waals surface area (Å²) in [5.74, 6) is 0.830. The third-order valence-electron chi connectivity index (χ3n) is 8.66. The van der Waals surface area contributed by atoms with Crippen LogP contribution in [0.5, 0.6) is 5.75 Å². The van der Waals surface area contributed by atoms with E-state index < -0.39 is 0 Å². The first-order valence-corrected chi connectivity index (χ1v) is 15.5. The van der Waals surface area contributed by atoms with Crippen molar-refractivity contribution in [2.24, 2.45) is 0 Å². The second-order valence-corrected chi connectivity index (χ2v) is 11.5. The molecule has 6 aromatic carbocycles. The largest absolute Gasteiger partial charge is 0.507 e. The molecule has 0 unspecified atom stereocenters. The van der Waals surface area contributed by atoms with Crippen molar-refractivity contribution in [3.8, 4) is 56.3 Å². The number of aromatic nitrogens is 3. The molecule has 9 rings (SSSR count). The smallest absolute Gasteiger partial charge is 0.148 e. The van der Waals surface area contributed by atoms with Crippen LogP contribution in [-0.4, -0.2) is 19.6 Å². The maximum Gasteiger partial charge on any atom is 0.148 e. The number of imidazole rings is 1. The topological polar surface area (TPSA) is 64.1 Å². The van der Waals surface area contributed by atoms with Gasteiger partial charge in [0.2, 0.25) is 0 Å². The maximum absolute atomic E-state index is 10.9. The van der Waals surface area contributed by atoms with E-state index >= 15 is 0 Å². The van der Waals surface area contributed by atoms with E-state index in [2.05, 4.69) is 65.2 Å². The van der Waals surface area contributed by atoms with Crippen LogP contribution in [0.2, 0.25) is 0 Å². The Labute approximate surface area is 291 Å². The molecule has 5 nitrogen and oxygen atoms in total. The molecule has 232 valence electrons. The number of fused-ring (bicyclic) bond motifs is 4. The zero-order valence-electron chi connectivity index (χ0n) is 25.4. The molecule has 0 saturated heterocycles. The van der Waals surface area contributed by atoms with Gasteiger partial charge in [0.25, 0.3) is 0 Å². The molecule has 3 heterocycles. The minimum atomic E-state index is 0. The number of phenolic OH excluding ortho intramolecular Hbond substituents is 1. The Kier molecular flexibility index (Phi) is 7.47. The molecular formula is C42H26N3O2Pt-. The summed E-state index contributed by atoms with van der Waals surface area (Å²) in [6.45, 7) is 0. The van der Waals surface area contributed by atoms with Gasteiger partial charge in [-0.1, -0.05) is 108 Å². The summed E-state index contributed by atoms with van der Waals surface area (Å²) in [5.41, 5.74) is 10.4. The zero-order chi connectivity index (χ0) is 31.3. The van der Waals surface area contributed by atoms with Crippen molar-refractivity contribution in [2.45, 2.75) is 0 Å². The Bertz CT molecular complexity index is 2590. The third-order valence-corrected chi connectivity index (χ3v) is 8.66. The van der Waals surface area contributed by atoms with Gasteiger partial charge < -0.3 is 9.52 Å². The number of hydrogen-bond donors (Lipinski definition) is 1. The first kappa shape index (κ1) is 29.6. The Morgan fingerprint density at radius 2 is 1.33 bits per heavy atom. The Balaban J connectivity index is 0.00000336. The average Bonchev–Trinajstić information content (AvgIpc) is 3.71. The van der Waals surface area contributed by atoms with Crippen LogP contribution in [-0.2, 0) is 21.1 Å². The van der Waals surface area contributed by atoms with Crippen molar-refractivity contribution in [2.75, 3.05) is 0 Å². The van der Waals surface area contributed by atoms with Gasteiger partial charge in [0.1, 0.15) is 22.7 Å². The molecular weight excluding hydrogens is 774 g/mol. The fourth-order valence-electron chi connectivity index (χ4n) is 6.48. The molecule has 0 radical (unpaired) electrons. The number of rotatable bonds is 5. The quantitative estimate of drug-likeness (QED) is 0.176. The standard InChI is InChI=1S/C42H26N3O2.Pt/c46-37-20-9-7-17-35(37)42-44-40-32(18-11-19-36(40)45(42)31-14-5-2-6-15-31)29-24-28(27-12-3-1-4-13-27)25-30(26-29)39-41-34(22-23-43-39)33-16-8-10-21-38(33)47-41;/h1-25,46H;/q-1;. The van der Waals surface area contributed by atoms with Gasteiger partial charge in [-0.2, -0.15) is 0 Å². The molecule has 0 aliphatic heterocycles. The third kappa shape index (κ3) is 4.92. The molecule has 6 heteroatoms. The van der Waals surface area contributed by atoms with Crippen molar-refractivity contribution in [3.05, 3.63) is 158 Å². The van der Waals surface area contributed by atoms with Crippen molar-refractivity contribution >= 4 is 33.0 Å². The predicted molar refractivity (Wildman–Crippen MR) is 188 cm³/mol. The predicted octanol–water partition coefficient (Wildman–Crippen LogP) is 10.5. The second kappa shape index (κ2) is 12.1. The van der Waals surface area contributed by atoms with Crippen LogP contribution < -0.4 is 0 Å². The van der Waals surface area contributed by atoms with Crippen LogP contribution in [0.25, 0.3) is 83.6 Å². The molecule has 0 aliphatic rings. The first-order chi connectivity index (χ1) is 23.2. The van der Waals surface area contributed by atoms with Crippen LogP contribution in [0.1, 0.15) is 0 Å². The molecule has 0 atom stereocenters. The van der Waals surface area contributed by atoms with E-state index in [9.17, 15) is 5.11 Å². The van der Waals surface area contributed by atoms with Crippen LogP contribution in [0.15, 0.2) is 156 Å². The number of pyridine rings is 1. The molecule has 3 aromatic heterocycles. The first-order valence-electron chi connectivity index (χ1n) is 15.5. The van der Waals surface area contributed by atoms with Gasteiger partial charge in [0.15, 0.2) is 0 Å². The van der Waals surface area contributed by atoms with Crippen molar-refractivity contribution in [1.82, 2.24) is 14.5 Å². The number of aromatic hydroxyl groups is 1. The van der Waals surface area contributed by atoms with Gasteiger partial charge in [0.05, 0.1) is 16.6 Å². The number of phenols is 1. The Hall–Kier alpha value is -5.77. The van der Waals surface area contributed by atoms with Gasteiger partial charge in [-0.15, -0.1) is 23.8 Å². The summed E-state index contributed by atoms with van der Waals surface area (Å²) < 4.78 is 8.51. The molecule has 0 aliphatic carbocycles. The normalized spacial score (nSPS) is 11.2. The Morgan fingerprint density at radius 1 is 0.625 bits per heavy atom. The molecule has 9 aromatic rings. The number of para-hydroxylation sites is 4. The number of hydrogen-bond acceptors (Lipinski definition) is 4. The maximum atomic E-state index is 10.9. The fourth-order valence-corrected chi connectivity index (χ4v) is 6.48. The summed E-state index contributed by atoms with van der Waals surface area (Å²) in [4.78, 5) is 10.1. The minimum Gasteiger partial charge on any atom is -0.507 e. The molecule has 0 spiro atoms. The van der Waals surface area contributed by atoms with E-state index in [1.165, 1.54) is 0 Å². The van der Waals surface area contributed by atoms with Gasteiger partial charge in [-0.3, -0.25) is 9.55 Å². The van der Waals surface area contributed by atoms with E-state index in [-0.39, 0.29) is 26.8 Å². The van der Waals surface area contributed by atoms with E-state index in [0.717, 1.165) is 72.2 Å². The van der Waals surface area contributed by atoms with Gasteiger partial charge in [0, 0.05) is 49.4 Å². The summed E-state index contributed by atoms with van der Waals surface area (Å²) in [7, 11) is 0. The Morgan fingerprint density at radius 3 is 2.17 bits per heavy atom. The molecule has 0 amide bonds. The zero-order valence-corrected chi connectivity index (χ0v) is 27.7. The van der Waals surface area contributed by atoms with Crippen LogP contribution in [0, 0.1) is 6.07 Å². The van der Waals surface area contributed by atoms with Crippen LogP contribution in [0.3, 0.4) is 0 Å². The van der Waals surface area contributed by atoms with Crippen LogP contribution in [0.4, 0.5) is 0 Å². The van der Waals surface area contributed by atoms with E-state index in [0.29, 0.717) is 11.4 Å². The molecule has 48 heavy (non-hydrogen) atoms. The van der Waals surface area contributed by atoms with Crippen molar-refractivity contribution in [1.29, 1.82) is 0 Å². The second-order valence-electron chi connectivity index (χ2n) is 11.5. The van der Waals surface area contributed by atoms with Gasteiger partial charge >= 0.3 is 0 Å². The summed E-state index contributed by atoms with van der Waals surface area (Å²) in [6.07, 6.45) is 1.84. The van der Waals surface area contributed by atoms with E-state index in [1.807, 2.05) is 91.1 Å². The minimum absolute atomic E-state index is 0. The molecule has 0 fully saturated rings. The monoisotopic (exact) mass is 799 g/mol. The van der Waals surface area contributed by atoms with Crippen molar-refractivity contribution in [3.63, 3.8) is 0 Å². The van der Waals surface area contributed by atoms with E-state index in [4.69, 9.17) is 14.4 Å². The molecule has 1 N–H and O–H groups in total. The van der Waals surface area contributed by atoms with E-state index in [1.54, 1.807) is 6.07 Å². The number of furan rings is 1. The summed E-state index contributed by atoms with van der Waals surface area (Å²) in [5, 5.41) is 13.0. The van der Waals surface area contributed by atoms with Gasteiger partial charge in [-0.05, 0) is 48.0 Å². The molecule has 0 saturated carbocycles. The number of benzene rings is 6. The summed E-state index contributed by atoms with van der Waals surface area (Å²) >= 11 is 0. The van der Waals surface area contributed by atoms with Gasteiger partial charge in [-0.25, -0.2) is 4.98 Å².